The SMILES string of the molecule is CCCCC(C)C1=N[N]C=C1. The van der Waals surface area contributed by atoms with Gasteiger partial charge in [-0.1, -0.05) is 26.7 Å². The molecule has 0 spiro atoms. The van der Waals surface area contributed by atoms with E-state index < -0.39 is 0 Å². The molecular weight excluding hydrogens is 136 g/mol. The van der Waals surface area contributed by atoms with Gasteiger partial charge in [-0.2, -0.15) is 10.5 Å². The van der Waals surface area contributed by atoms with Crippen LogP contribution in [0.4, 0.5) is 0 Å². The van der Waals surface area contributed by atoms with Gasteiger partial charge in [0.15, 0.2) is 0 Å². The van der Waals surface area contributed by atoms with Crippen molar-refractivity contribution in [2.24, 2.45) is 11.0 Å². The fourth-order valence-electron chi connectivity index (χ4n) is 1.16. The molecule has 0 N–H and O–H groups in total. The molecule has 1 aliphatic rings. The summed E-state index contributed by atoms with van der Waals surface area (Å²) in [5.41, 5.74) is 4.94. The third kappa shape index (κ3) is 2.37. The third-order valence-corrected chi connectivity index (χ3v) is 1.98. The Morgan fingerprint density at radius 3 is 2.91 bits per heavy atom. The number of nitrogens with zero attached hydrogens (tertiary/aromatic N) is 2. The first-order chi connectivity index (χ1) is 5.34. The number of unbranched alkanes of at least 4 members (excludes halogenated alkanes) is 1. The molecule has 0 amide bonds. The van der Waals surface area contributed by atoms with E-state index in [1.165, 1.54) is 19.3 Å². The van der Waals surface area contributed by atoms with Gasteiger partial charge in [0.1, 0.15) is 0 Å². The predicted octanol–water partition coefficient (Wildman–Crippen LogP) is 2.30. The molecule has 2 nitrogen and oxygen atoms in total. The lowest BCUT2D eigenvalue weighted by atomic mass is 9.99. The van der Waals surface area contributed by atoms with Gasteiger partial charge >= 0.3 is 0 Å². The van der Waals surface area contributed by atoms with Crippen molar-refractivity contribution in [1.29, 1.82) is 0 Å². The second-order valence-electron chi connectivity index (χ2n) is 3.00. The van der Waals surface area contributed by atoms with Crippen molar-refractivity contribution in [3.63, 3.8) is 0 Å². The van der Waals surface area contributed by atoms with Gasteiger partial charge in [0, 0.05) is 5.92 Å². The van der Waals surface area contributed by atoms with Gasteiger partial charge in [-0.15, -0.1) is 0 Å². The van der Waals surface area contributed by atoms with Gasteiger partial charge in [0.05, 0.1) is 11.9 Å². The van der Waals surface area contributed by atoms with Gasteiger partial charge in [0.2, 0.25) is 0 Å². The van der Waals surface area contributed by atoms with Gasteiger partial charge in [0.25, 0.3) is 0 Å². The van der Waals surface area contributed by atoms with Gasteiger partial charge in [-0.25, -0.2) is 0 Å². The minimum Gasteiger partial charge on any atom is -0.159 e. The molecule has 0 aromatic heterocycles. The van der Waals surface area contributed by atoms with E-state index in [0.717, 1.165) is 5.71 Å². The molecule has 1 aliphatic heterocycles. The molecule has 1 heterocycles. The van der Waals surface area contributed by atoms with E-state index in [1.807, 2.05) is 6.08 Å². The summed E-state index contributed by atoms with van der Waals surface area (Å²) in [4.78, 5) is 0. The Labute approximate surface area is 68.4 Å². The Bertz CT molecular complexity index is 170. The van der Waals surface area contributed by atoms with Crippen molar-refractivity contribution in [3.05, 3.63) is 12.3 Å². The van der Waals surface area contributed by atoms with Crippen LogP contribution in [0.2, 0.25) is 0 Å². The highest BCUT2D eigenvalue weighted by Crippen LogP contribution is 2.12. The van der Waals surface area contributed by atoms with Crippen molar-refractivity contribution in [2.45, 2.75) is 33.1 Å². The summed E-state index contributed by atoms with van der Waals surface area (Å²) in [6, 6.07) is 0. The minimum absolute atomic E-state index is 0.581. The molecule has 0 fully saturated rings. The standard InChI is InChI=1S/C9H15N2/c1-3-4-5-8(2)9-6-7-10-11-9/h6-8H,3-5H2,1-2H3. The molecule has 0 saturated heterocycles. The topological polar surface area (TPSA) is 26.5 Å². The summed E-state index contributed by atoms with van der Waals surface area (Å²) in [5.74, 6) is 0.581. The van der Waals surface area contributed by atoms with Crippen molar-refractivity contribution in [3.8, 4) is 0 Å². The molecule has 1 unspecified atom stereocenters. The van der Waals surface area contributed by atoms with Gasteiger partial charge in [-0.3, -0.25) is 0 Å². The monoisotopic (exact) mass is 151 g/mol. The zero-order valence-electron chi connectivity index (χ0n) is 7.25. The first-order valence-electron chi connectivity index (χ1n) is 4.29. The number of hydrogen-bond donors (Lipinski definition) is 0. The van der Waals surface area contributed by atoms with Crippen LogP contribution in [0.3, 0.4) is 0 Å². The Kier molecular flexibility index (Phi) is 3.14. The smallest absolute Gasteiger partial charge is 0.0674 e. The van der Waals surface area contributed by atoms with Gasteiger partial charge < -0.3 is 0 Å². The lowest BCUT2D eigenvalue weighted by Gasteiger charge is -2.06. The molecule has 0 bridgehead atoms. The van der Waals surface area contributed by atoms with E-state index in [-0.39, 0.29) is 0 Å². The Balaban J connectivity index is 2.29. The summed E-state index contributed by atoms with van der Waals surface area (Å²) < 4.78 is 0. The molecule has 1 atom stereocenters. The normalized spacial score (nSPS) is 17.8. The van der Waals surface area contributed by atoms with Crippen LogP contribution in [0.25, 0.3) is 0 Å². The average molecular weight is 151 g/mol. The average Bonchev–Trinajstić information content (AvgIpc) is 2.52. The Hall–Kier alpha value is -0.790. The Morgan fingerprint density at radius 1 is 1.55 bits per heavy atom. The molecule has 1 radical (unpaired) electrons. The van der Waals surface area contributed by atoms with E-state index in [4.69, 9.17) is 0 Å². The van der Waals surface area contributed by atoms with Crippen LogP contribution in [-0.2, 0) is 0 Å². The van der Waals surface area contributed by atoms with Crippen LogP contribution in [0.5, 0.6) is 0 Å². The highest BCUT2D eigenvalue weighted by atomic mass is 15.3. The van der Waals surface area contributed by atoms with Crippen molar-refractivity contribution >= 4 is 5.71 Å². The summed E-state index contributed by atoms with van der Waals surface area (Å²) in [6.45, 7) is 4.42. The minimum atomic E-state index is 0.581. The van der Waals surface area contributed by atoms with Crippen molar-refractivity contribution < 1.29 is 0 Å². The predicted molar refractivity (Wildman–Crippen MR) is 47.4 cm³/mol. The van der Waals surface area contributed by atoms with Crippen LogP contribution in [0.1, 0.15) is 33.1 Å². The second kappa shape index (κ2) is 4.16. The van der Waals surface area contributed by atoms with Crippen LogP contribution in [0, 0.1) is 5.92 Å². The third-order valence-electron chi connectivity index (χ3n) is 1.98. The van der Waals surface area contributed by atoms with E-state index >= 15 is 0 Å². The molecule has 61 valence electrons. The van der Waals surface area contributed by atoms with E-state index in [9.17, 15) is 0 Å². The number of allylic oxidation sites excluding steroid dienone is 1. The molecule has 2 heteroatoms. The molecule has 0 aliphatic carbocycles. The first kappa shape index (κ1) is 8.31. The summed E-state index contributed by atoms with van der Waals surface area (Å²) in [6.07, 6.45) is 7.54. The highest BCUT2D eigenvalue weighted by molar-refractivity contribution is 5.97. The maximum Gasteiger partial charge on any atom is 0.0674 e. The fourth-order valence-corrected chi connectivity index (χ4v) is 1.16. The maximum atomic E-state index is 4.02. The number of rotatable bonds is 4. The molecular formula is C9H15N2. The van der Waals surface area contributed by atoms with Crippen LogP contribution in [-0.4, -0.2) is 5.71 Å². The summed E-state index contributed by atoms with van der Waals surface area (Å²) in [7, 11) is 0. The Morgan fingerprint density at radius 2 is 2.36 bits per heavy atom. The van der Waals surface area contributed by atoms with Gasteiger partial charge in [-0.05, 0) is 12.5 Å². The quantitative estimate of drug-likeness (QED) is 0.589. The van der Waals surface area contributed by atoms with Crippen molar-refractivity contribution in [2.75, 3.05) is 0 Å². The zero-order chi connectivity index (χ0) is 8.10. The largest absolute Gasteiger partial charge is 0.159 e. The lowest BCUT2D eigenvalue weighted by Crippen LogP contribution is -2.06. The first-order valence-corrected chi connectivity index (χ1v) is 4.29. The molecule has 0 aromatic rings. The molecule has 0 saturated carbocycles. The second-order valence-corrected chi connectivity index (χ2v) is 3.00. The fraction of sp³-hybridized carbons (Fsp3) is 0.667. The summed E-state index contributed by atoms with van der Waals surface area (Å²) in [5, 5.41) is 4.02. The van der Waals surface area contributed by atoms with Crippen LogP contribution >= 0.6 is 0 Å². The number of hydrogen-bond acceptors (Lipinski definition) is 1. The van der Waals surface area contributed by atoms with E-state index in [1.54, 1.807) is 6.20 Å². The zero-order valence-corrected chi connectivity index (χ0v) is 7.25. The van der Waals surface area contributed by atoms with E-state index in [0.29, 0.717) is 5.92 Å². The van der Waals surface area contributed by atoms with Crippen molar-refractivity contribution in [1.82, 2.24) is 5.43 Å². The lowest BCUT2D eigenvalue weighted by molar-refractivity contribution is 0.624. The molecule has 1 rings (SSSR count). The summed E-state index contributed by atoms with van der Waals surface area (Å²) >= 11 is 0. The molecule has 11 heavy (non-hydrogen) atoms. The maximum absolute atomic E-state index is 4.02. The highest BCUT2D eigenvalue weighted by Gasteiger charge is 2.09. The van der Waals surface area contributed by atoms with Crippen LogP contribution in [0.15, 0.2) is 17.4 Å². The van der Waals surface area contributed by atoms with Crippen LogP contribution < -0.4 is 5.43 Å². The molecule has 0 aromatic carbocycles. The van der Waals surface area contributed by atoms with E-state index in [2.05, 4.69) is 24.4 Å².